The quantitative estimate of drug-likeness (QED) is 0.815. The van der Waals surface area contributed by atoms with Gasteiger partial charge < -0.3 is 5.32 Å². The summed E-state index contributed by atoms with van der Waals surface area (Å²) in [5.74, 6) is 3.03. The van der Waals surface area contributed by atoms with Crippen molar-refractivity contribution < 1.29 is 4.79 Å². The number of rotatable bonds is 5. The fourth-order valence-electron chi connectivity index (χ4n) is 4.01. The third-order valence-corrected chi connectivity index (χ3v) is 6.53. The highest BCUT2D eigenvalue weighted by Gasteiger charge is 2.42. The molecule has 0 saturated heterocycles. The minimum atomic E-state index is 0.121. The van der Waals surface area contributed by atoms with Crippen molar-refractivity contribution in [1.29, 1.82) is 0 Å². The number of carbonyl (C=O) groups excluding carboxylic acids is 1. The van der Waals surface area contributed by atoms with Gasteiger partial charge in [-0.05, 0) is 56.1 Å². The average Bonchev–Trinajstić information content (AvgIpc) is 3.09. The van der Waals surface area contributed by atoms with Crippen molar-refractivity contribution in [3.63, 3.8) is 0 Å². The molecule has 0 spiro atoms. The summed E-state index contributed by atoms with van der Waals surface area (Å²) in [6.07, 6.45) is 5.47. The van der Waals surface area contributed by atoms with E-state index in [0.717, 1.165) is 21.8 Å². The summed E-state index contributed by atoms with van der Waals surface area (Å²) in [5, 5.41) is 3.91. The molecule has 0 radical (unpaired) electrons. The van der Waals surface area contributed by atoms with E-state index in [1.807, 2.05) is 24.3 Å². The van der Waals surface area contributed by atoms with E-state index in [9.17, 15) is 4.79 Å². The number of nitrogens with one attached hydrogen (secondary N) is 1. The predicted molar refractivity (Wildman–Crippen MR) is 88.7 cm³/mol. The molecule has 4 atom stereocenters. The van der Waals surface area contributed by atoms with Gasteiger partial charge in [0.1, 0.15) is 0 Å². The van der Waals surface area contributed by atoms with Gasteiger partial charge in [0.05, 0.1) is 10.8 Å². The summed E-state index contributed by atoms with van der Waals surface area (Å²) in [4.78, 5) is 13.1. The number of hydrogen-bond donors (Lipinski definition) is 1. The number of fused-ring (bicyclic) bond motifs is 2. The molecule has 1 aromatic rings. The number of hydrogen-bond acceptors (Lipinski definition) is 2. The lowest BCUT2D eigenvalue weighted by Gasteiger charge is -2.28. The lowest BCUT2D eigenvalue weighted by Crippen LogP contribution is -2.40. The zero-order chi connectivity index (χ0) is 14.8. The van der Waals surface area contributed by atoms with E-state index in [1.54, 1.807) is 0 Å². The predicted octanol–water partition coefficient (Wildman–Crippen LogP) is 4.37. The van der Waals surface area contributed by atoms with Crippen LogP contribution in [0.5, 0.6) is 0 Å². The van der Waals surface area contributed by atoms with Gasteiger partial charge in [-0.2, -0.15) is 0 Å². The van der Waals surface area contributed by atoms with Crippen LogP contribution in [0.15, 0.2) is 29.2 Å². The van der Waals surface area contributed by atoms with Crippen LogP contribution in [0.4, 0.5) is 0 Å². The maximum atomic E-state index is 12.1. The van der Waals surface area contributed by atoms with E-state index >= 15 is 0 Å². The molecule has 114 valence electrons. The minimum Gasteiger partial charge on any atom is -0.353 e. The van der Waals surface area contributed by atoms with Crippen LogP contribution in [0.2, 0.25) is 5.02 Å². The van der Waals surface area contributed by atoms with Crippen molar-refractivity contribution in [1.82, 2.24) is 5.32 Å². The van der Waals surface area contributed by atoms with E-state index in [2.05, 4.69) is 12.2 Å². The molecule has 2 nitrogen and oxygen atoms in total. The van der Waals surface area contributed by atoms with Gasteiger partial charge in [0.25, 0.3) is 0 Å². The first-order chi connectivity index (χ1) is 10.1. The molecule has 2 bridgehead atoms. The number of thioether (sulfide) groups is 1. The average molecular weight is 324 g/mol. The Morgan fingerprint density at radius 3 is 2.86 bits per heavy atom. The van der Waals surface area contributed by atoms with Crippen molar-refractivity contribution in [3.8, 4) is 0 Å². The van der Waals surface area contributed by atoms with Crippen LogP contribution in [0.3, 0.4) is 0 Å². The van der Waals surface area contributed by atoms with Crippen molar-refractivity contribution in [2.75, 3.05) is 5.75 Å². The second-order valence-corrected chi connectivity index (χ2v) is 7.84. The Hall–Kier alpha value is -0.670. The van der Waals surface area contributed by atoms with Crippen LogP contribution in [0, 0.1) is 17.8 Å². The molecule has 2 fully saturated rings. The number of benzene rings is 1. The van der Waals surface area contributed by atoms with Gasteiger partial charge in [-0.25, -0.2) is 0 Å². The van der Waals surface area contributed by atoms with Crippen LogP contribution < -0.4 is 5.32 Å². The molecule has 3 rings (SSSR count). The zero-order valence-electron chi connectivity index (χ0n) is 12.3. The molecule has 0 aliphatic heterocycles. The lowest BCUT2D eigenvalue weighted by atomic mass is 9.84. The van der Waals surface area contributed by atoms with Crippen LogP contribution >= 0.6 is 23.4 Å². The van der Waals surface area contributed by atoms with Gasteiger partial charge in [-0.15, -0.1) is 11.8 Å². The normalized spacial score (nSPS) is 28.6. The number of halogens is 1. The van der Waals surface area contributed by atoms with Crippen LogP contribution in [0.1, 0.15) is 32.6 Å². The molecule has 1 amide bonds. The maximum absolute atomic E-state index is 12.1. The maximum Gasteiger partial charge on any atom is 0.230 e. The molecule has 0 aromatic heterocycles. The first-order valence-corrected chi connectivity index (χ1v) is 9.16. The van der Waals surface area contributed by atoms with Gasteiger partial charge in [0.15, 0.2) is 0 Å². The summed E-state index contributed by atoms with van der Waals surface area (Å²) in [7, 11) is 0. The van der Waals surface area contributed by atoms with Crippen LogP contribution in [-0.4, -0.2) is 17.7 Å². The van der Waals surface area contributed by atoms with Gasteiger partial charge >= 0.3 is 0 Å². The Morgan fingerprint density at radius 1 is 1.38 bits per heavy atom. The van der Waals surface area contributed by atoms with E-state index < -0.39 is 0 Å². The van der Waals surface area contributed by atoms with Crippen molar-refractivity contribution in [2.24, 2.45) is 17.8 Å². The Balaban J connectivity index is 1.47. The van der Waals surface area contributed by atoms with Crippen LogP contribution in [0.25, 0.3) is 0 Å². The lowest BCUT2D eigenvalue weighted by molar-refractivity contribution is -0.119. The Labute approximate surface area is 136 Å². The van der Waals surface area contributed by atoms with Gasteiger partial charge in [0.2, 0.25) is 5.91 Å². The molecule has 1 N–H and O–H groups in total. The summed E-state index contributed by atoms with van der Waals surface area (Å²) in [5.41, 5.74) is 0. The third-order valence-electron chi connectivity index (χ3n) is 5.02. The second-order valence-electron chi connectivity index (χ2n) is 6.41. The molecule has 21 heavy (non-hydrogen) atoms. The molecule has 2 aliphatic carbocycles. The first-order valence-electron chi connectivity index (χ1n) is 7.80. The molecule has 0 heterocycles. The highest BCUT2D eigenvalue weighted by molar-refractivity contribution is 8.00. The molecule has 0 unspecified atom stereocenters. The molecular weight excluding hydrogens is 302 g/mol. The summed E-state index contributed by atoms with van der Waals surface area (Å²) in [6, 6.07) is 7.98. The summed E-state index contributed by atoms with van der Waals surface area (Å²) in [6.45, 7) is 2.17. The molecule has 2 aliphatic rings. The van der Waals surface area contributed by atoms with E-state index in [1.165, 1.54) is 37.4 Å². The van der Waals surface area contributed by atoms with Crippen molar-refractivity contribution in [2.45, 2.75) is 43.5 Å². The Morgan fingerprint density at radius 2 is 2.19 bits per heavy atom. The van der Waals surface area contributed by atoms with Crippen molar-refractivity contribution in [3.05, 3.63) is 29.3 Å². The fourth-order valence-corrected chi connectivity index (χ4v) is 5.06. The smallest absolute Gasteiger partial charge is 0.230 e. The van der Waals surface area contributed by atoms with Crippen molar-refractivity contribution >= 4 is 29.3 Å². The Kier molecular flexibility index (Phi) is 4.80. The van der Waals surface area contributed by atoms with E-state index in [0.29, 0.717) is 17.7 Å². The zero-order valence-corrected chi connectivity index (χ0v) is 13.9. The Bertz CT molecular complexity index is 521. The monoisotopic (exact) mass is 323 g/mol. The van der Waals surface area contributed by atoms with Gasteiger partial charge in [-0.3, -0.25) is 4.79 Å². The highest BCUT2D eigenvalue weighted by Crippen LogP contribution is 2.49. The topological polar surface area (TPSA) is 29.1 Å². The molecular formula is C17H22ClNOS. The fraction of sp³-hybridized carbons (Fsp3) is 0.588. The highest BCUT2D eigenvalue weighted by atomic mass is 35.5. The molecule has 1 aromatic carbocycles. The minimum absolute atomic E-state index is 0.121. The van der Waals surface area contributed by atoms with Crippen LogP contribution in [-0.2, 0) is 4.79 Å². The SMILES string of the molecule is C[C@@H](NC(=O)CSc1ccccc1Cl)[C@@H]1C[C@@H]2CC[C@@H]1C2. The van der Waals surface area contributed by atoms with E-state index in [4.69, 9.17) is 11.6 Å². The number of amides is 1. The number of carbonyl (C=O) groups is 1. The molecule has 2 saturated carbocycles. The molecule has 4 heteroatoms. The van der Waals surface area contributed by atoms with Gasteiger partial charge in [-0.1, -0.05) is 30.2 Å². The van der Waals surface area contributed by atoms with E-state index in [-0.39, 0.29) is 5.91 Å². The largest absolute Gasteiger partial charge is 0.353 e. The standard InChI is InChI=1S/C17H22ClNOS/c1-11(14-9-12-6-7-13(14)8-12)19-17(20)10-21-16-5-3-2-4-15(16)18/h2-5,11-14H,6-10H2,1H3,(H,19,20)/t11-,12-,13-,14+/m1/s1. The second kappa shape index (κ2) is 6.62. The summed E-state index contributed by atoms with van der Waals surface area (Å²) < 4.78 is 0. The third kappa shape index (κ3) is 3.57. The van der Waals surface area contributed by atoms with Gasteiger partial charge in [0, 0.05) is 10.9 Å². The first kappa shape index (κ1) is 15.2. The summed E-state index contributed by atoms with van der Waals surface area (Å²) >= 11 is 7.62.